The lowest BCUT2D eigenvalue weighted by Crippen LogP contribution is -2.02. The summed E-state index contributed by atoms with van der Waals surface area (Å²) in [5.74, 6) is 1.78. The molecule has 0 aliphatic rings. The number of hydrogen-bond acceptors (Lipinski definition) is 4. The molecule has 0 atom stereocenters. The highest BCUT2D eigenvalue weighted by Gasteiger charge is 2.00. The first-order valence-electron chi connectivity index (χ1n) is 7.44. The van der Waals surface area contributed by atoms with E-state index in [1.807, 2.05) is 0 Å². The van der Waals surface area contributed by atoms with Gasteiger partial charge in [0, 0.05) is 12.5 Å². The summed E-state index contributed by atoms with van der Waals surface area (Å²) in [5, 5.41) is 18.5. The summed E-state index contributed by atoms with van der Waals surface area (Å²) in [6, 6.07) is 4.32. The molecule has 0 saturated heterocycles. The minimum atomic E-state index is -0.417. The van der Waals surface area contributed by atoms with Crippen molar-refractivity contribution in [3.8, 4) is 23.8 Å². The maximum Gasteiger partial charge on any atom is 0.330 e. The van der Waals surface area contributed by atoms with Crippen molar-refractivity contribution in [2.45, 2.75) is 38.5 Å². The van der Waals surface area contributed by atoms with E-state index in [-0.39, 0.29) is 11.5 Å². The van der Waals surface area contributed by atoms with Crippen LogP contribution in [-0.4, -0.2) is 22.8 Å². The first kappa shape index (κ1) is 17.6. The van der Waals surface area contributed by atoms with Crippen LogP contribution in [0.3, 0.4) is 0 Å². The van der Waals surface area contributed by atoms with E-state index in [1.54, 1.807) is 6.07 Å². The third kappa shape index (κ3) is 7.39. The summed E-state index contributed by atoms with van der Waals surface area (Å²) in [4.78, 5) is 11.5. The highest BCUT2D eigenvalue weighted by molar-refractivity contribution is 5.87. The first-order valence-corrected chi connectivity index (χ1v) is 7.44. The van der Waals surface area contributed by atoms with Gasteiger partial charge in [-0.3, -0.25) is 0 Å². The number of terminal acetylenes is 1. The second-order valence-electron chi connectivity index (χ2n) is 4.97. The van der Waals surface area contributed by atoms with Crippen molar-refractivity contribution >= 4 is 12.0 Å². The number of ether oxygens (including phenoxy) is 1. The Morgan fingerprint density at radius 3 is 2.59 bits per heavy atom. The fraction of sp³-hybridized carbons (Fsp3) is 0.389. The zero-order valence-corrected chi connectivity index (χ0v) is 12.6. The van der Waals surface area contributed by atoms with Gasteiger partial charge in [-0.2, -0.15) is 0 Å². The Morgan fingerprint density at radius 2 is 1.86 bits per heavy atom. The zero-order valence-electron chi connectivity index (χ0n) is 12.6. The summed E-state index contributed by atoms with van der Waals surface area (Å²) in [6.45, 7) is 0.402. The van der Waals surface area contributed by atoms with Gasteiger partial charge in [-0.15, -0.1) is 12.3 Å². The van der Waals surface area contributed by atoms with Crippen LogP contribution in [0.15, 0.2) is 24.3 Å². The summed E-state index contributed by atoms with van der Waals surface area (Å²) in [5.41, 5.74) is 0.612. The molecule has 0 fully saturated rings. The standard InChI is InChI=1S/C18H22O4/c1-2-3-4-5-6-7-8-13-22-18(21)12-10-15-9-11-16(19)17(20)14-15/h1,9-12,14,19-20H,3-8,13H2/b12-10+. The Bertz CT molecular complexity index is 541. The molecule has 0 unspecified atom stereocenters. The van der Waals surface area contributed by atoms with Gasteiger partial charge in [0.1, 0.15) is 0 Å². The van der Waals surface area contributed by atoms with Crippen LogP contribution < -0.4 is 0 Å². The van der Waals surface area contributed by atoms with Gasteiger partial charge in [0.25, 0.3) is 0 Å². The molecule has 0 radical (unpaired) electrons. The lowest BCUT2D eigenvalue weighted by Gasteiger charge is -2.02. The molecule has 118 valence electrons. The Hall–Kier alpha value is -2.41. The third-order valence-electron chi connectivity index (χ3n) is 3.12. The topological polar surface area (TPSA) is 66.8 Å². The molecule has 0 amide bonds. The van der Waals surface area contributed by atoms with E-state index in [4.69, 9.17) is 11.2 Å². The van der Waals surface area contributed by atoms with Crippen molar-refractivity contribution < 1.29 is 19.7 Å². The zero-order chi connectivity index (χ0) is 16.2. The van der Waals surface area contributed by atoms with Crippen LogP contribution in [-0.2, 0) is 9.53 Å². The predicted molar refractivity (Wildman–Crippen MR) is 86.3 cm³/mol. The number of aromatic hydroxyl groups is 2. The van der Waals surface area contributed by atoms with E-state index in [0.717, 1.165) is 38.5 Å². The van der Waals surface area contributed by atoms with Crippen LogP contribution in [0.2, 0.25) is 0 Å². The summed E-state index contributed by atoms with van der Waals surface area (Å²) in [6.07, 6.45) is 14.0. The molecule has 0 spiro atoms. The maximum atomic E-state index is 11.5. The molecule has 4 nitrogen and oxygen atoms in total. The molecule has 1 rings (SSSR count). The van der Waals surface area contributed by atoms with Gasteiger partial charge in [0.15, 0.2) is 11.5 Å². The Kier molecular flexibility index (Phi) is 8.29. The SMILES string of the molecule is C#CCCCCCCCOC(=O)/C=C/c1ccc(O)c(O)c1. The quantitative estimate of drug-likeness (QED) is 0.240. The average molecular weight is 302 g/mol. The van der Waals surface area contributed by atoms with Crippen molar-refractivity contribution in [3.05, 3.63) is 29.8 Å². The van der Waals surface area contributed by atoms with Gasteiger partial charge < -0.3 is 14.9 Å². The summed E-state index contributed by atoms with van der Waals surface area (Å²) >= 11 is 0. The minimum absolute atomic E-state index is 0.193. The highest BCUT2D eigenvalue weighted by atomic mass is 16.5. The highest BCUT2D eigenvalue weighted by Crippen LogP contribution is 2.25. The molecule has 22 heavy (non-hydrogen) atoms. The van der Waals surface area contributed by atoms with Crippen molar-refractivity contribution in [1.29, 1.82) is 0 Å². The van der Waals surface area contributed by atoms with Crippen molar-refractivity contribution in [1.82, 2.24) is 0 Å². The summed E-state index contributed by atoms with van der Waals surface area (Å²) in [7, 11) is 0. The first-order chi connectivity index (χ1) is 10.6. The van der Waals surface area contributed by atoms with Crippen LogP contribution in [0.1, 0.15) is 44.1 Å². The largest absolute Gasteiger partial charge is 0.504 e. The minimum Gasteiger partial charge on any atom is -0.504 e. The maximum absolute atomic E-state index is 11.5. The molecule has 4 heteroatoms. The number of esters is 1. The van der Waals surface area contributed by atoms with Gasteiger partial charge in [-0.25, -0.2) is 4.79 Å². The summed E-state index contributed by atoms with van der Waals surface area (Å²) < 4.78 is 5.08. The van der Waals surface area contributed by atoms with Gasteiger partial charge in [0.05, 0.1) is 6.61 Å². The molecular weight excluding hydrogens is 280 g/mol. The van der Waals surface area contributed by atoms with Gasteiger partial charge in [0.2, 0.25) is 0 Å². The van der Waals surface area contributed by atoms with Crippen LogP contribution in [0.4, 0.5) is 0 Å². The van der Waals surface area contributed by atoms with Crippen molar-refractivity contribution in [3.63, 3.8) is 0 Å². The second kappa shape index (κ2) is 10.3. The van der Waals surface area contributed by atoms with Crippen LogP contribution in [0.5, 0.6) is 11.5 Å². The van der Waals surface area contributed by atoms with E-state index in [1.165, 1.54) is 24.3 Å². The average Bonchev–Trinajstić information content (AvgIpc) is 2.51. The van der Waals surface area contributed by atoms with Gasteiger partial charge in [-0.05, 0) is 36.6 Å². The van der Waals surface area contributed by atoms with Crippen LogP contribution in [0.25, 0.3) is 6.08 Å². The molecule has 0 saturated carbocycles. The lowest BCUT2D eigenvalue weighted by molar-refractivity contribution is -0.137. The molecule has 1 aromatic carbocycles. The Labute approximate surface area is 131 Å². The fourth-order valence-corrected chi connectivity index (χ4v) is 1.89. The normalized spacial score (nSPS) is 10.5. The lowest BCUT2D eigenvalue weighted by atomic mass is 10.1. The van der Waals surface area contributed by atoms with E-state index < -0.39 is 5.97 Å². The number of carbonyl (C=O) groups excluding carboxylic acids is 1. The van der Waals surface area contributed by atoms with Crippen LogP contribution in [0, 0.1) is 12.3 Å². The monoisotopic (exact) mass is 302 g/mol. The number of phenolic OH excluding ortho intramolecular Hbond substituents is 2. The molecule has 0 aromatic heterocycles. The molecule has 0 heterocycles. The van der Waals surface area contributed by atoms with Gasteiger partial charge >= 0.3 is 5.97 Å². The van der Waals surface area contributed by atoms with E-state index >= 15 is 0 Å². The predicted octanol–water partition coefficient (Wildman–Crippen LogP) is 3.63. The molecule has 0 aliphatic heterocycles. The second-order valence-corrected chi connectivity index (χ2v) is 4.97. The van der Waals surface area contributed by atoms with Crippen LogP contribution >= 0.6 is 0 Å². The number of carbonyl (C=O) groups is 1. The van der Waals surface area contributed by atoms with Crippen molar-refractivity contribution in [2.75, 3.05) is 6.61 Å². The Balaban J connectivity index is 2.16. The smallest absolute Gasteiger partial charge is 0.330 e. The molecule has 1 aromatic rings. The molecule has 2 N–H and O–H groups in total. The third-order valence-corrected chi connectivity index (χ3v) is 3.12. The number of benzene rings is 1. The number of unbranched alkanes of at least 4 members (excludes halogenated alkanes) is 5. The van der Waals surface area contributed by atoms with Gasteiger partial charge in [-0.1, -0.05) is 25.3 Å². The number of phenols is 2. The fourth-order valence-electron chi connectivity index (χ4n) is 1.89. The molecular formula is C18H22O4. The van der Waals surface area contributed by atoms with Crippen molar-refractivity contribution in [2.24, 2.45) is 0 Å². The van der Waals surface area contributed by atoms with E-state index in [2.05, 4.69) is 5.92 Å². The van der Waals surface area contributed by atoms with E-state index in [9.17, 15) is 15.0 Å². The Morgan fingerprint density at radius 1 is 1.14 bits per heavy atom. The molecule has 0 aliphatic carbocycles. The van der Waals surface area contributed by atoms with E-state index in [0.29, 0.717) is 12.2 Å². The molecule has 0 bridgehead atoms. The number of hydrogen-bond donors (Lipinski definition) is 2. The number of rotatable bonds is 9.